The predicted octanol–water partition coefficient (Wildman–Crippen LogP) is 1.93. The van der Waals surface area contributed by atoms with E-state index in [2.05, 4.69) is 18.6 Å². The Morgan fingerprint density at radius 1 is 1.25 bits per heavy atom. The van der Waals surface area contributed by atoms with Crippen LogP contribution in [-0.2, 0) is 14.3 Å². The standard InChI is InChI=1S/C12H20O4/c1-7-4-5-9(6-8(7)2)10(11(13)14)12(15)16-3/h7-10H,4-6H2,1-3H3,(H,13,14). The molecule has 4 heteroatoms. The minimum Gasteiger partial charge on any atom is -0.481 e. The topological polar surface area (TPSA) is 63.6 Å². The number of esters is 1. The zero-order valence-corrected chi connectivity index (χ0v) is 10.1. The van der Waals surface area contributed by atoms with Crippen molar-refractivity contribution in [3.8, 4) is 0 Å². The lowest BCUT2D eigenvalue weighted by Gasteiger charge is -2.34. The average molecular weight is 228 g/mol. The van der Waals surface area contributed by atoms with E-state index in [1.165, 1.54) is 7.11 Å². The molecular formula is C12H20O4. The van der Waals surface area contributed by atoms with Gasteiger partial charge in [0.05, 0.1) is 7.11 Å². The molecule has 1 aliphatic carbocycles. The molecule has 4 unspecified atom stereocenters. The van der Waals surface area contributed by atoms with Gasteiger partial charge < -0.3 is 9.84 Å². The van der Waals surface area contributed by atoms with E-state index in [4.69, 9.17) is 5.11 Å². The molecular weight excluding hydrogens is 208 g/mol. The molecule has 0 spiro atoms. The molecule has 1 N–H and O–H groups in total. The maximum absolute atomic E-state index is 11.4. The first kappa shape index (κ1) is 13.0. The molecule has 4 nitrogen and oxygen atoms in total. The molecule has 0 bridgehead atoms. The van der Waals surface area contributed by atoms with Gasteiger partial charge in [0.2, 0.25) is 0 Å². The van der Waals surface area contributed by atoms with E-state index in [0.717, 1.165) is 19.3 Å². The summed E-state index contributed by atoms with van der Waals surface area (Å²) in [6, 6.07) is 0. The number of aliphatic carboxylic acids is 1. The second-order valence-electron chi connectivity index (χ2n) is 4.87. The van der Waals surface area contributed by atoms with Gasteiger partial charge in [0.15, 0.2) is 5.92 Å². The zero-order valence-electron chi connectivity index (χ0n) is 10.1. The van der Waals surface area contributed by atoms with Gasteiger partial charge in [-0.3, -0.25) is 9.59 Å². The minimum atomic E-state index is -1.06. The Hall–Kier alpha value is -1.06. The Morgan fingerprint density at radius 3 is 2.31 bits per heavy atom. The summed E-state index contributed by atoms with van der Waals surface area (Å²) < 4.78 is 4.57. The largest absolute Gasteiger partial charge is 0.481 e. The molecule has 1 saturated carbocycles. The molecule has 92 valence electrons. The van der Waals surface area contributed by atoms with Crippen LogP contribution in [-0.4, -0.2) is 24.2 Å². The Morgan fingerprint density at radius 2 is 1.88 bits per heavy atom. The van der Waals surface area contributed by atoms with Gasteiger partial charge in [-0.25, -0.2) is 0 Å². The summed E-state index contributed by atoms with van der Waals surface area (Å²) in [6.45, 7) is 4.29. The number of hydrogen-bond donors (Lipinski definition) is 1. The molecule has 1 rings (SSSR count). The molecule has 0 radical (unpaired) electrons. The van der Waals surface area contributed by atoms with Crippen LogP contribution in [0.4, 0.5) is 0 Å². The van der Waals surface area contributed by atoms with Crippen molar-refractivity contribution < 1.29 is 19.4 Å². The van der Waals surface area contributed by atoms with E-state index in [0.29, 0.717) is 11.8 Å². The van der Waals surface area contributed by atoms with E-state index in [1.54, 1.807) is 0 Å². The number of methoxy groups -OCH3 is 1. The maximum Gasteiger partial charge on any atom is 0.320 e. The number of ether oxygens (including phenoxy) is 1. The Bertz CT molecular complexity index is 274. The Kier molecular flexibility index (Phi) is 4.33. The fourth-order valence-corrected chi connectivity index (χ4v) is 2.51. The van der Waals surface area contributed by atoms with Crippen molar-refractivity contribution in [3.05, 3.63) is 0 Å². The van der Waals surface area contributed by atoms with Crippen LogP contribution in [0.1, 0.15) is 33.1 Å². The summed E-state index contributed by atoms with van der Waals surface area (Å²) in [5.41, 5.74) is 0. The summed E-state index contributed by atoms with van der Waals surface area (Å²) in [7, 11) is 1.24. The highest BCUT2D eigenvalue weighted by molar-refractivity contribution is 5.94. The number of carboxylic acids is 1. The van der Waals surface area contributed by atoms with Crippen LogP contribution in [0, 0.1) is 23.7 Å². The van der Waals surface area contributed by atoms with Gasteiger partial charge in [-0.2, -0.15) is 0 Å². The van der Waals surface area contributed by atoms with E-state index in [-0.39, 0.29) is 5.92 Å². The summed E-state index contributed by atoms with van der Waals surface area (Å²) in [5, 5.41) is 9.08. The molecule has 0 aromatic heterocycles. The van der Waals surface area contributed by atoms with Gasteiger partial charge in [0.25, 0.3) is 0 Å². The first-order valence-electron chi connectivity index (χ1n) is 5.78. The van der Waals surface area contributed by atoms with E-state index < -0.39 is 17.9 Å². The predicted molar refractivity (Wildman–Crippen MR) is 58.8 cm³/mol. The van der Waals surface area contributed by atoms with E-state index in [1.807, 2.05) is 0 Å². The third-order valence-electron chi connectivity index (χ3n) is 3.83. The quantitative estimate of drug-likeness (QED) is 0.592. The van der Waals surface area contributed by atoms with Crippen molar-refractivity contribution in [2.75, 3.05) is 7.11 Å². The van der Waals surface area contributed by atoms with Crippen LogP contribution >= 0.6 is 0 Å². The molecule has 1 fully saturated rings. The minimum absolute atomic E-state index is 0.0730. The van der Waals surface area contributed by atoms with Crippen molar-refractivity contribution >= 4 is 11.9 Å². The fraction of sp³-hybridized carbons (Fsp3) is 0.833. The third-order valence-corrected chi connectivity index (χ3v) is 3.83. The summed E-state index contributed by atoms with van der Waals surface area (Å²) >= 11 is 0. The van der Waals surface area contributed by atoms with Crippen LogP contribution < -0.4 is 0 Å². The lowest BCUT2D eigenvalue weighted by atomic mass is 9.71. The number of carbonyl (C=O) groups excluding carboxylic acids is 1. The fourth-order valence-electron chi connectivity index (χ4n) is 2.51. The SMILES string of the molecule is COC(=O)C(C(=O)O)C1CCC(C)C(C)C1. The number of hydrogen-bond acceptors (Lipinski definition) is 3. The summed E-state index contributed by atoms with van der Waals surface area (Å²) in [6.07, 6.45) is 2.59. The number of carbonyl (C=O) groups is 2. The number of carboxylic acid groups (broad SMARTS) is 1. The van der Waals surface area contributed by atoms with Gasteiger partial charge in [-0.15, -0.1) is 0 Å². The van der Waals surface area contributed by atoms with Crippen LogP contribution in [0.15, 0.2) is 0 Å². The van der Waals surface area contributed by atoms with Gasteiger partial charge in [0, 0.05) is 0 Å². The van der Waals surface area contributed by atoms with Gasteiger partial charge >= 0.3 is 11.9 Å². The van der Waals surface area contributed by atoms with Crippen molar-refractivity contribution in [2.24, 2.45) is 23.7 Å². The summed E-state index contributed by atoms with van der Waals surface area (Å²) in [4.78, 5) is 22.5. The molecule has 0 aliphatic heterocycles. The van der Waals surface area contributed by atoms with Crippen molar-refractivity contribution in [2.45, 2.75) is 33.1 Å². The third kappa shape index (κ3) is 2.74. The van der Waals surface area contributed by atoms with Crippen LogP contribution in [0.2, 0.25) is 0 Å². The molecule has 1 aliphatic rings. The summed E-state index contributed by atoms with van der Waals surface area (Å²) in [5.74, 6) is -1.64. The Labute approximate surface area is 96.0 Å². The zero-order chi connectivity index (χ0) is 12.3. The van der Waals surface area contributed by atoms with Crippen molar-refractivity contribution in [1.29, 1.82) is 0 Å². The molecule has 4 atom stereocenters. The average Bonchev–Trinajstić information content (AvgIpc) is 2.22. The van der Waals surface area contributed by atoms with Crippen LogP contribution in [0.25, 0.3) is 0 Å². The monoisotopic (exact) mass is 228 g/mol. The highest BCUT2D eigenvalue weighted by atomic mass is 16.5. The Balaban J connectivity index is 2.73. The maximum atomic E-state index is 11.4. The van der Waals surface area contributed by atoms with Crippen LogP contribution in [0.5, 0.6) is 0 Å². The van der Waals surface area contributed by atoms with Crippen molar-refractivity contribution in [1.82, 2.24) is 0 Å². The van der Waals surface area contributed by atoms with Gasteiger partial charge in [-0.1, -0.05) is 20.3 Å². The van der Waals surface area contributed by atoms with E-state index >= 15 is 0 Å². The lowest BCUT2D eigenvalue weighted by Crippen LogP contribution is -2.36. The molecule has 0 amide bonds. The normalized spacial score (nSPS) is 31.8. The van der Waals surface area contributed by atoms with Gasteiger partial charge in [0.1, 0.15) is 0 Å². The molecule has 0 saturated heterocycles. The smallest absolute Gasteiger partial charge is 0.320 e. The second-order valence-corrected chi connectivity index (χ2v) is 4.87. The lowest BCUT2D eigenvalue weighted by molar-refractivity contribution is -0.160. The first-order chi connectivity index (χ1) is 7.47. The van der Waals surface area contributed by atoms with Gasteiger partial charge in [-0.05, 0) is 30.6 Å². The molecule has 0 aromatic carbocycles. The molecule has 0 heterocycles. The first-order valence-corrected chi connectivity index (χ1v) is 5.78. The second kappa shape index (κ2) is 5.32. The van der Waals surface area contributed by atoms with Crippen molar-refractivity contribution in [3.63, 3.8) is 0 Å². The molecule has 16 heavy (non-hydrogen) atoms. The van der Waals surface area contributed by atoms with Crippen LogP contribution in [0.3, 0.4) is 0 Å². The highest BCUT2D eigenvalue weighted by Gasteiger charge is 2.39. The number of rotatable bonds is 3. The molecule has 0 aromatic rings. The highest BCUT2D eigenvalue weighted by Crippen LogP contribution is 2.37. The van der Waals surface area contributed by atoms with E-state index in [9.17, 15) is 9.59 Å².